The van der Waals surface area contributed by atoms with Crippen LogP contribution in [0, 0.1) is 0 Å². The fourth-order valence-electron chi connectivity index (χ4n) is 1.29. The summed E-state index contributed by atoms with van der Waals surface area (Å²) in [5.74, 6) is 0. The third kappa shape index (κ3) is 3.45. The lowest BCUT2D eigenvalue weighted by molar-refractivity contribution is 0.262. The van der Waals surface area contributed by atoms with Gasteiger partial charge in [-0.15, -0.1) is 0 Å². The summed E-state index contributed by atoms with van der Waals surface area (Å²) >= 11 is 9.05. The molecule has 0 saturated carbocycles. The second-order valence-electron chi connectivity index (χ2n) is 3.44. The zero-order chi connectivity index (χ0) is 13.0. The Morgan fingerprint density at radius 2 is 1.89 bits per heavy atom. The van der Waals surface area contributed by atoms with Gasteiger partial charge in [0.1, 0.15) is 0 Å². The number of anilines is 2. The van der Waals surface area contributed by atoms with Crippen molar-refractivity contribution >= 4 is 44.9 Å². The van der Waals surface area contributed by atoms with Crippen molar-refractivity contribution in [2.24, 2.45) is 0 Å². The molecule has 0 aliphatic heterocycles. The summed E-state index contributed by atoms with van der Waals surface area (Å²) in [5, 5.41) is 6.02. The van der Waals surface area contributed by atoms with Crippen LogP contribution in [-0.2, 0) is 0 Å². The standard InChI is InChI=1S/C12H9BrClN3O/c13-10-7-15-6-5-11(10)17-12(18)16-9-3-1-8(14)2-4-9/h1-7H,(H2,15,16,17,18). The summed E-state index contributed by atoms with van der Waals surface area (Å²) in [6.45, 7) is 0. The topological polar surface area (TPSA) is 54.0 Å². The smallest absolute Gasteiger partial charge is 0.308 e. The maximum absolute atomic E-state index is 11.7. The van der Waals surface area contributed by atoms with E-state index in [1.807, 2.05) is 0 Å². The average Bonchev–Trinajstić information content (AvgIpc) is 2.35. The van der Waals surface area contributed by atoms with Gasteiger partial charge in [0, 0.05) is 23.1 Å². The van der Waals surface area contributed by atoms with Crippen LogP contribution in [0.1, 0.15) is 0 Å². The van der Waals surface area contributed by atoms with E-state index in [-0.39, 0.29) is 6.03 Å². The number of benzene rings is 1. The third-order valence-electron chi connectivity index (χ3n) is 2.12. The van der Waals surface area contributed by atoms with E-state index in [1.54, 1.807) is 42.7 Å². The van der Waals surface area contributed by atoms with E-state index in [1.165, 1.54) is 0 Å². The molecule has 1 aromatic carbocycles. The highest BCUT2D eigenvalue weighted by Gasteiger charge is 2.05. The van der Waals surface area contributed by atoms with Crippen LogP contribution >= 0.6 is 27.5 Å². The van der Waals surface area contributed by atoms with Gasteiger partial charge < -0.3 is 10.6 Å². The lowest BCUT2D eigenvalue weighted by Crippen LogP contribution is -2.19. The van der Waals surface area contributed by atoms with Crippen LogP contribution in [0.4, 0.5) is 16.2 Å². The van der Waals surface area contributed by atoms with Crippen molar-refractivity contribution in [2.75, 3.05) is 10.6 Å². The van der Waals surface area contributed by atoms with Crippen molar-refractivity contribution in [3.05, 3.63) is 52.2 Å². The van der Waals surface area contributed by atoms with Gasteiger partial charge in [0.15, 0.2) is 0 Å². The molecule has 6 heteroatoms. The van der Waals surface area contributed by atoms with Gasteiger partial charge in [0.2, 0.25) is 0 Å². The molecule has 0 radical (unpaired) electrons. The van der Waals surface area contributed by atoms with Gasteiger partial charge in [-0.1, -0.05) is 11.6 Å². The molecule has 92 valence electrons. The number of aromatic nitrogens is 1. The second-order valence-corrected chi connectivity index (χ2v) is 4.73. The van der Waals surface area contributed by atoms with Crippen molar-refractivity contribution < 1.29 is 4.79 Å². The first-order valence-electron chi connectivity index (χ1n) is 5.08. The first-order chi connectivity index (χ1) is 8.65. The molecule has 2 amide bonds. The molecular formula is C12H9BrClN3O. The summed E-state index contributed by atoms with van der Waals surface area (Å²) < 4.78 is 0.719. The minimum absolute atomic E-state index is 0.329. The van der Waals surface area contributed by atoms with Crippen LogP contribution in [0.5, 0.6) is 0 Å². The zero-order valence-electron chi connectivity index (χ0n) is 9.15. The minimum atomic E-state index is -0.329. The van der Waals surface area contributed by atoms with E-state index in [2.05, 4.69) is 31.5 Å². The molecular weight excluding hydrogens is 318 g/mol. The average molecular weight is 327 g/mol. The Labute approximate surface area is 118 Å². The lowest BCUT2D eigenvalue weighted by atomic mass is 10.3. The minimum Gasteiger partial charge on any atom is -0.308 e. The number of carbonyl (C=O) groups is 1. The Balaban J connectivity index is 2.01. The molecule has 0 fully saturated rings. The fourth-order valence-corrected chi connectivity index (χ4v) is 1.77. The third-order valence-corrected chi connectivity index (χ3v) is 3.01. The zero-order valence-corrected chi connectivity index (χ0v) is 11.5. The molecule has 1 aromatic heterocycles. The number of nitrogens with one attached hydrogen (secondary N) is 2. The van der Waals surface area contributed by atoms with Crippen LogP contribution < -0.4 is 10.6 Å². The van der Waals surface area contributed by atoms with E-state index < -0.39 is 0 Å². The predicted molar refractivity (Wildman–Crippen MR) is 76.0 cm³/mol. The predicted octanol–water partition coefficient (Wildman–Crippen LogP) is 4.14. The number of carbonyl (C=O) groups excluding carboxylic acids is 1. The van der Waals surface area contributed by atoms with Gasteiger partial charge in [-0.3, -0.25) is 4.98 Å². The van der Waals surface area contributed by atoms with Gasteiger partial charge in [0.05, 0.1) is 10.2 Å². The molecule has 0 aliphatic carbocycles. The Hall–Kier alpha value is -1.59. The Kier molecular flexibility index (Phi) is 4.17. The van der Waals surface area contributed by atoms with Gasteiger partial charge in [-0.05, 0) is 46.3 Å². The van der Waals surface area contributed by atoms with Crippen molar-refractivity contribution in [2.45, 2.75) is 0 Å². The van der Waals surface area contributed by atoms with E-state index in [4.69, 9.17) is 11.6 Å². The van der Waals surface area contributed by atoms with Crippen LogP contribution in [0.15, 0.2) is 47.2 Å². The summed E-state index contributed by atoms with van der Waals surface area (Å²) in [4.78, 5) is 15.6. The molecule has 0 saturated heterocycles. The maximum atomic E-state index is 11.7. The Morgan fingerprint density at radius 1 is 1.17 bits per heavy atom. The highest BCUT2D eigenvalue weighted by atomic mass is 79.9. The monoisotopic (exact) mass is 325 g/mol. The van der Waals surface area contributed by atoms with Crippen molar-refractivity contribution in [1.29, 1.82) is 0 Å². The molecule has 0 atom stereocenters. The number of hydrogen-bond donors (Lipinski definition) is 2. The SMILES string of the molecule is O=C(Nc1ccc(Cl)cc1)Nc1ccncc1Br. The van der Waals surface area contributed by atoms with Crippen molar-refractivity contribution in [1.82, 2.24) is 4.98 Å². The van der Waals surface area contributed by atoms with E-state index in [0.717, 1.165) is 4.47 Å². The van der Waals surface area contributed by atoms with Gasteiger partial charge in [-0.2, -0.15) is 0 Å². The number of rotatable bonds is 2. The summed E-state index contributed by atoms with van der Waals surface area (Å²) in [6.07, 6.45) is 3.21. The molecule has 0 spiro atoms. The first-order valence-corrected chi connectivity index (χ1v) is 6.25. The van der Waals surface area contributed by atoms with E-state index in [0.29, 0.717) is 16.4 Å². The molecule has 4 nitrogen and oxygen atoms in total. The second kappa shape index (κ2) is 5.84. The molecule has 2 aromatic rings. The molecule has 18 heavy (non-hydrogen) atoms. The maximum Gasteiger partial charge on any atom is 0.323 e. The quantitative estimate of drug-likeness (QED) is 0.871. The fraction of sp³-hybridized carbons (Fsp3) is 0. The number of amides is 2. The van der Waals surface area contributed by atoms with E-state index in [9.17, 15) is 4.79 Å². The van der Waals surface area contributed by atoms with Gasteiger partial charge >= 0.3 is 6.03 Å². The number of nitrogens with zero attached hydrogens (tertiary/aromatic N) is 1. The number of pyridine rings is 1. The van der Waals surface area contributed by atoms with Crippen LogP contribution in [-0.4, -0.2) is 11.0 Å². The molecule has 2 N–H and O–H groups in total. The highest BCUT2D eigenvalue weighted by Crippen LogP contribution is 2.20. The van der Waals surface area contributed by atoms with Crippen LogP contribution in [0.2, 0.25) is 5.02 Å². The van der Waals surface area contributed by atoms with Crippen molar-refractivity contribution in [3.8, 4) is 0 Å². The van der Waals surface area contributed by atoms with Crippen LogP contribution in [0.25, 0.3) is 0 Å². The van der Waals surface area contributed by atoms with Gasteiger partial charge in [-0.25, -0.2) is 4.79 Å². The molecule has 0 bridgehead atoms. The van der Waals surface area contributed by atoms with Crippen molar-refractivity contribution in [3.63, 3.8) is 0 Å². The molecule has 0 aliphatic rings. The Morgan fingerprint density at radius 3 is 2.56 bits per heavy atom. The Bertz CT molecular complexity index is 560. The lowest BCUT2D eigenvalue weighted by Gasteiger charge is -2.08. The number of halogens is 2. The largest absolute Gasteiger partial charge is 0.323 e. The number of hydrogen-bond acceptors (Lipinski definition) is 2. The molecule has 1 heterocycles. The highest BCUT2D eigenvalue weighted by molar-refractivity contribution is 9.10. The normalized spacial score (nSPS) is 9.89. The number of urea groups is 1. The summed E-state index contributed by atoms with van der Waals surface area (Å²) in [6, 6.07) is 8.24. The van der Waals surface area contributed by atoms with Gasteiger partial charge in [0.25, 0.3) is 0 Å². The molecule has 0 unspecified atom stereocenters. The van der Waals surface area contributed by atoms with Crippen LogP contribution in [0.3, 0.4) is 0 Å². The first kappa shape index (κ1) is 12.9. The summed E-state index contributed by atoms with van der Waals surface area (Å²) in [7, 11) is 0. The van der Waals surface area contributed by atoms with E-state index >= 15 is 0 Å². The summed E-state index contributed by atoms with van der Waals surface area (Å²) in [5.41, 5.74) is 1.32. The molecule has 2 rings (SSSR count).